The van der Waals surface area contributed by atoms with E-state index in [0.717, 1.165) is 47.8 Å². The molecule has 2 aliphatic rings. The average Bonchev–Trinajstić information content (AvgIpc) is 3.30. The molecule has 7 nitrogen and oxygen atoms in total. The van der Waals surface area contributed by atoms with Crippen LogP contribution in [-0.4, -0.2) is 44.7 Å². The molecule has 2 unspecified atom stereocenters. The number of fused-ring (bicyclic) bond motifs is 1. The third kappa shape index (κ3) is 5.72. The normalized spacial score (nSPS) is 25.2. The largest absolute Gasteiger partial charge is 0.480 e. The first-order valence-electron chi connectivity index (χ1n) is 13.0. The highest BCUT2D eigenvalue weighted by molar-refractivity contribution is 7.89. The third-order valence-electron chi connectivity index (χ3n) is 7.75. The minimum atomic E-state index is -4.03. The molecule has 2 fully saturated rings. The summed E-state index contributed by atoms with van der Waals surface area (Å²) in [4.78, 5) is 12.6. The van der Waals surface area contributed by atoms with Crippen molar-refractivity contribution in [1.29, 1.82) is 0 Å². The Labute approximate surface area is 218 Å². The van der Waals surface area contributed by atoms with Crippen LogP contribution in [0.15, 0.2) is 71.6 Å². The molecule has 0 bridgehead atoms. The molecule has 196 valence electrons. The zero-order valence-electron chi connectivity index (χ0n) is 21.0. The van der Waals surface area contributed by atoms with Crippen molar-refractivity contribution in [2.24, 2.45) is 11.8 Å². The van der Waals surface area contributed by atoms with Crippen LogP contribution in [0.2, 0.25) is 0 Å². The molecule has 0 amide bonds. The molecule has 3 N–H and O–H groups in total. The highest BCUT2D eigenvalue weighted by Crippen LogP contribution is 2.43. The topological polar surface area (TPSA) is 105 Å². The van der Waals surface area contributed by atoms with E-state index in [1.54, 1.807) is 12.1 Å². The van der Waals surface area contributed by atoms with Gasteiger partial charge in [0.05, 0.1) is 17.1 Å². The molecule has 5 rings (SSSR count). The number of piperidine rings is 1. The van der Waals surface area contributed by atoms with E-state index in [2.05, 4.69) is 16.1 Å². The fourth-order valence-electron chi connectivity index (χ4n) is 5.81. The molecule has 0 aliphatic carbocycles. The predicted molar refractivity (Wildman–Crippen MR) is 143 cm³/mol. The Morgan fingerprint density at radius 2 is 1.86 bits per heavy atom. The van der Waals surface area contributed by atoms with Gasteiger partial charge in [-0.2, -0.15) is 4.72 Å². The lowest BCUT2D eigenvalue weighted by Crippen LogP contribution is -2.48. The van der Waals surface area contributed by atoms with Crippen LogP contribution in [0.5, 0.6) is 0 Å². The molecular weight excluding hydrogens is 488 g/mol. The van der Waals surface area contributed by atoms with Crippen LogP contribution < -0.4 is 10.0 Å². The van der Waals surface area contributed by atoms with Gasteiger partial charge < -0.3 is 15.2 Å². The van der Waals surface area contributed by atoms with Gasteiger partial charge in [0, 0.05) is 5.92 Å². The van der Waals surface area contributed by atoms with Crippen molar-refractivity contribution in [1.82, 2.24) is 10.0 Å². The summed E-state index contributed by atoms with van der Waals surface area (Å²) in [7, 11) is -4.03. The Hall–Kier alpha value is -2.78. The quantitative estimate of drug-likeness (QED) is 0.405. The van der Waals surface area contributed by atoms with Crippen molar-refractivity contribution in [3.8, 4) is 0 Å². The summed E-state index contributed by atoms with van der Waals surface area (Å²) in [6, 6.07) is 19.3. The number of nitrogens with one attached hydrogen (secondary N) is 2. The van der Waals surface area contributed by atoms with Crippen LogP contribution in [-0.2, 0) is 19.6 Å². The van der Waals surface area contributed by atoms with Gasteiger partial charge in [-0.05, 0) is 80.1 Å². The maximum Gasteiger partial charge on any atom is 0.322 e. The Morgan fingerprint density at radius 3 is 2.59 bits per heavy atom. The first-order valence-corrected chi connectivity index (χ1v) is 14.5. The second kappa shape index (κ2) is 10.9. The Morgan fingerprint density at radius 1 is 1.11 bits per heavy atom. The van der Waals surface area contributed by atoms with E-state index in [4.69, 9.17) is 4.74 Å². The van der Waals surface area contributed by atoms with Crippen molar-refractivity contribution < 1.29 is 23.1 Å². The second-order valence-electron chi connectivity index (χ2n) is 10.3. The lowest BCUT2D eigenvalue weighted by molar-refractivity contribution is -0.141. The van der Waals surface area contributed by atoms with E-state index in [0.29, 0.717) is 18.8 Å². The number of benzene rings is 3. The van der Waals surface area contributed by atoms with Gasteiger partial charge in [0.15, 0.2) is 0 Å². The van der Waals surface area contributed by atoms with Crippen LogP contribution >= 0.6 is 0 Å². The number of hydrogen-bond donors (Lipinski definition) is 3. The van der Waals surface area contributed by atoms with Crippen molar-refractivity contribution >= 4 is 26.8 Å². The highest BCUT2D eigenvalue weighted by Gasteiger charge is 2.46. The summed E-state index contributed by atoms with van der Waals surface area (Å²) in [6.07, 6.45) is 2.53. The highest BCUT2D eigenvalue weighted by atomic mass is 32.2. The van der Waals surface area contributed by atoms with Crippen LogP contribution in [0.25, 0.3) is 10.8 Å². The van der Waals surface area contributed by atoms with E-state index in [-0.39, 0.29) is 17.1 Å². The summed E-state index contributed by atoms with van der Waals surface area (Å²) < 4.78 is 35.6. The molecule has 0 spiro atoms. The maximum absolute atomic E-state index is 13.2. The molecule has 2 saturated heterocycles. The monoisotopic (exact) mass is 522 g/mol. The first kappa shape index (κ1) is 25.9. The molecule has 2 aliphatic heterocycles. The lowest BCUT2D eigenvalue weighted by atomic mass is 9.83. The zero-order chi connectivity index (χ0) is 26.0. The molecule has 0 aromatic heterocycles. The van der Waals surface area contributed by atoms with Crippen molar-refractivity contribution in [2.45, 2.75) is 55.8 Å². The van der Waals surface area contributed by atoms with Gasteiger partial charge in [-0.3, -0.25) is 4.79 Å². The summed E-state index contributed by atoms with van der Waals surface area (Å²) in [6.45, 7) is 3.72. The fraction of sp³-hybridized carbons (Fsp3) is 0.414. The van der Waals surface area contributed by atoms with Crippen LogP contribution in [0, 0.1) is 18.8 Å². The van der Waals surface area contributed by atoms with E-state index >= 15 is 0 Å². The van der Waals surface area contributed by atoms with Gasteiger partial charge in [0.1, 0.15) is 6.04 Å². The Kier molecular flexibility index (Phi) is 7.62. The molecule has 0 saturated carbocycles. The van der Waals surface area contributed by atoms with Gasteiger partial charge in [-0.15, -0.1) is 0 Å². The average molecular weight is 523 g/mol. The molecule has 3 aromatic rings. The number of carboxylic acids is 1. The smallest absolute Gasteiger partial charge is 0.322 e. The first-order chi connectivity index (χ1) is 17.8. The third-order valence-corrected chi connectivity index (χ3v) is 9.20. The fourth-order valence-corrected chi connectivity index (χ4v) is 7.05. The molecule has 37 heavy (non-hydrogen) atoms. The molecule has 8 heteroatoms. The number of aryl methyl sites for hydroxylation is 1. The predicted octanol–water partition coefficient (Wildman–Crippen LogP) is 4.42. The van der Waals surface area contributed by atoms with Crippen molar-refractivity contribution in [3.63, 3.8) is 0 Å². The number of carbonyl (C=O) groups is 1. The Balaban J connectivity index is 1.46. The molecule has 3 aromatic carbocycles. The SMILES string of the molecule is Cc1ccc(S(=O)(=O)NC(C(=O)O)[C@H]2C[C@H](c3cccc4ccccc34)O[C@@H]2CC2CCCNC2)cc1. The summed E-state index contributed by atoms with van der Waals surface area (Å²) in [5, 5.41) is 15.8. The molecule has 5 atom stereocenters. The maximum atomic E-state index is 13.2. The summed E-state index contributed by atoms with van der Waals surface area (Å²) in [5.41, 5.74) is 1.94. The van der Waals surface area contributed by atoms with Crippen LogP contribution in [0.4, 0.5) is 0 Å². The summed E-state index contributed by atoms with van der Waals surface area (Å²) in [5.74, 6) is -1.34. The summed E-state index contributed by atoms with van der Waals surface area (Å²) >= 11 is 0. The van der Waals surface area contributed by atoms with Gasteiger partial charge >= 0.3 is 5.97 Å². The number of ether oxygens (including phenoxy) is 1. The minimum Gasteiger partial charge on any atom is -0.480 e. The van der Waals surface area contributed by atoms with Crippen molar-refractivity contribution in [2.75, 3.05) is 13.1 Å². The van der Waals surface area contributed by atoms with Gasteiger partial charge in [0.2, 0.25) is 10.0 Å². The molecule has 0 radical (unpaired) electrons. The van der Waals surface area contributed by atoms with Gasteiger partial charge in [-0.25, -0.2) is 8.42 Å². The Bertz CT molecular complexity index is 1350. The molecule has 2 heterocycles. The van der Waals surface area contributed by atoms with E-state index in [1.807, 2.05) is 43.3 Å². The number of rotatable bonds is 8. The van der Waals surface area contributed by atoms with Crippen molar-refractivity contribution in [3.05, 3.63) is 77.9 Å². The number of hydrogen-bond acceptors (Lipinski definition) is 5. The van der Waals surface area contributed by atoms with E-state index < -0.39 is 28.0 Å². The van der Waals surface area contributed by atoms with E-state index in [9.17, 15) is 18.3 Å². The second-order valence-corrected chi connectivity index (χ2v) is 12.0. The van der Waals surface area contributed by atoms with Gasteiger partial charge in [-0.1, -0.05) is 60.2 Å². The number of carboxylic acid groups (broad SMARTS) is 1. The van der Waals surface area contributed by atoms with Crippen LogP contribution in [0.1, 0.15) is 42.9 Å². The molecular formula is C29H34N2O5S. The number of sulfonamides is 1. The lowest BCUT2D eigenvalue weighted by Gasteiger charge is -2.30. The zero-order valence-corrected chi connectivity index (χ0v) is 21.8. The minimum absolute atomic E-state index is 0.0573. The standard InChI is InChI=1S/C29H34N2O5S/c1-19-11-13-22(14-12-19)37(34,35)31-28(29(32)33)25-17-27(36-26(25)16-20-6-5-15-30-18-20)24-10-4-8-21-7-2-3-9-23(21)24/h2-4,7-14,20,25-28,30-31H,5-6,15-18H2,1H3,(H,32,33)/t20?,25-,26+,27+,28?/m0/s1. The number of aliphatic carboxylic acids is 1. The van der Waals surface area contributed by atoms with E-state index in [1.165, 1.54) is 12.1 Å². The van der Waals surface area contributed by atoms with Gasteiger partial charge in [0.25, 0.3) is 0 Å². The van der Waals surface area contributed by atoms with Crippen LogP contribution in [0.3, 0.4) is 0 Å².